The molecule has 2 heterocycles. The van der Waals surface area contributed by atoms with Crippen LogP contribution in [0.1, 0.15) is 16.7 Å². The number of rotatable bonds is 1. The molecule has 4 nitrogen and oxygen atoms in total. The van der Waals surface area contributed by atoms with Gasteiger partial charge in [-0.3, -0.25) is 4.79 Å². The molecule has 0 saturated carbocycles. The second-order valence-corrected chi connectivity index (χ2v) is 4.44. The van der Waals surface area contributed by atoms with E-state index in [-0.39, 0.29) is 11.4 Å². The number of fused-ring (bicyclic) bond motifs is 1. The van der Waals surface area contributed by atoms with Crippen LogP contribution in [-0.2, 0) is 13.1 Å². The Morgan fingerprint density at radius 2 is 2.22 bits per heavy atom. The molecule has 3 rings (SSSR count). The topological polar surface area (TPSA) is 49.0 Å². The lowest BCUT2D eigenvalue weighted by Crippen LogP contribution is -2.21. The molecular weight excluding hydrogens is 233 g/mol. The number of hydrogen-bond donors (Lipinski definition) is 1. The number of anilines is 1. The Balaban J connectivity index is 2.02. The first kappa shape index (κ1) is 11.0. The number of nitrogens with one attached hydrogen (secondary N) is 1. The van der Waals surface area contributed by atoms with Gasteiger partial charge in [-0.15, -0.1) is 0 Å². The van der Waals surface area contributed by atoms with Crippen molar-refractivity contribution >= 4 is 5.69 Å². The lowest BCUT2D eigenvalue weighted by Gasteiger charge is -2.18. The van der Waals surface area contributed by atoms with Crippen molar-refractivity contribution in [1.29, 1.82) is 0 Å². The molecule has 0 unspecified atom stereocenters. The fourth-order valence-electron chi connectivity index (χ4n) is 2.32. The van der Waals surface area contributed by atoms with E-state index < -0.39 is 0 Å². The van der Waals surface area contributed by atoms with Crippen LogP contribution in [0, 0.1) is 12.7 Å². The van der Waals surface area contributed by atoms with Gasteiger partial charge in [-0.1, -0.05) is 12.1 Å². The van der Waals surface area contributed by atoms with E-state index in [0.29, 0.717) is 24.2 Å². The third-order valence-corrected chi connectivity index (χ3v) is 3.34. The van der Waals surface area contributed by atoms with E-state index in [2.05, 4.69) is 10.2 Å². The summed E-state index contributed by atoms with van der Waals surface area (Å²) in [5.41, 5.74) is 2.84. The highest BCUT2D eigenvalue weighted by atomic mass is 19.1. The number of nitrogens with zero attached hydrogens (tertiary/aromatic N) is 2. The number of aromatic amines is 1. The summed E-state index contributed by atoms with van der Waals surface area (Å²) in [5.74, 6) is -0.189. The summed E-state index contributed by atoms with van der Waals surface area (Å²) in [4.78, 5) is 13.5. The van der Waals surface area contributed by atoms with E-state index in [1.807, 2.05) is 11.0 Å². The predicted octanol–water partition coefficient (Wildman–Crippen LogP) is 1.74. The average Bonchev–Trinajstić information content (AvgIpc) is 2.78. The van der Waals surface area contributed by atoms with Crippen LogP contribution in [0.25, 0.3) is 0 Å². The Morgan fingerprint density at radius 1 is 1.39 bits per heavy atom. The van der Waals surface area contributed by atoms with Gasteiger partial charge in [0.25, 0.3) is 5.56 Å². The number of benzene rings is 1. The second kappa shape index (κ2) is 3.94. The van der Waals surface area contributed by atoms with Gasteiger partial charge in [0.05, 0.1) is 11.9 Å². The molecule has 1 aliphatic rings. The molecule has 1 N–H and O–H groups in total. The number of halogens is 1. The molecule has 5 heteroatoms. The Labute approximate surface area is 103 Å². The molecule has 0 atom stereocenters. The van der Waals surface area contributed by atoms with Crippen molar-refractivity contribution < 1.29 is 4.39 Å². The molecule has 0 radical (unpaired) electrons. The molecule has 0 bridgehead atoms. The van der Waals surface area contributed by atoms with E-state index in [4.69, 9.17) is 0 Å². The maximum atomic E-state index is 13.6. The standard InChI is InChI=1S/C13H12FN3O/c1-8-12(5-15-16-13(8)18)17-6-9-3-2-4-11(14)10(9)7-17/h2-5H,6-7H2,1H3,(H,16,18). The van der Waals surface area contributed by atoms with Gasteiger partial charge in [0.1, 0.15) is 5.82 Å². The van der Waals surface area contributed by atoms with Crippen LogP contribution in [0.2, 0.25) is 0 Å². The average molecular weight is 245 g/mol. The van der Waals surface area contributed by atoms with Gasteiger partial charge in [0.2, 0.25) is 0 Å². The van der Waals surface area contributed by atoms with Crippen molar-refractivity contribution in [2.75, 3.05) is 4.90 Å². The minimum Gasteiger partial charge on any atom is -0.361 e. The van der Waals surface area contributed by atoms with Crippen molar-refractivity contribution in [3.05, 3.63) is 57.3 Å². The summed E-state index contributed by atoms with van der Waals surface area (Å²) >= 11 is 0. The minimum atomic E-state index is -0.205. The number of aromatic nitrogens is 2. The number of H-pyrrole nitrogens is 1. The Bertz CT molecular complexity index is 666. The molecule has 92 valence electrons. The zero-order valence-corrected chi connectivity index (χ0v) is 9.90. The molecule has 0 fully saturated rings. The van der Waals surface area contributed by atoms with Gasteiger partial charge in [-0.2, -0.15) is 5.10 Å². The lowest BCUT2D eigenvalue weighted by atomic mass is 10.1. The lowest BCUT2D eigenvalue weighted by molar-refractivity contribution is 0.612. The van der Waals surface area contributed by atoms with Gasteiger partial charge in [0.15, 0.2) is 0 Å². The molecule has 0 saturated heterocycles. The van der Waals surface area contributed by atoms with E-state index in [1.165, 1.54) is 6.07 Å². The predicted molar refractivity (Wildman–Crippen MR) is 65.9 cm³/mol. The van der Waals surface area contributed by atoms with Crippen LogP contribution < -0.4 is 10.5 Å². The highest BCUT2D eigenvalue weighted by Gasteiger charge is 2.23. The van der Waals surface area contributed by atoms with E-state index in [0.717, 1.165) is 11.3 Å². The fourth-order valence-corrected chi connectivity index (χ4v) is 2.32. The molecule has 0 spiro atoms. The third-order valence-electron chi connectivity index (χ3n) is 3.34. The van der Waals surface area contributed by atoms with Gasteiger partial charge in [-0.25, -0.2) is 9.49 Å². The van der Waals surface area contributed by atoms with Crippen LogP contribution in [0.4, 0.5) is 10.1 Å². The van der Waals surface area contributed by atoms with Crippen molar-refractivity contribution in [3.63, 3.8) is 0 Å². The Kier molecular flexibility index (Phi) is 2.40. The van der Waals surface area contributed by atoms with Gasteiger partial charge >= 0.3 is 0 Å². The molecule has 2 aromatic rings. The summed E-state index contributed by atoms with van der Waals surface area (Å²) in [6.07, 6.45) is 1.61. The van der Waals surface area contributed by atoms with Crippen molar-refractivity contribution in [1.82, 2.24) is 10.2 Å². The maximum Gasteiger partial charge on any atom is 0.269 e. The smallest absolute Gasteiger partial charge is 0.269 e. The summed E-state index contributed by atoms with van der Waals surface area (Å²) < 4.78 is 13.6. The zero-order chi connectivity index (χ0) is 12.7. The highest BCUT2D eigenvalue weighted by Crippen LogP contribution is 2.29. The molecule has 1 aromatic carbocycles. The first-order chi connectivity index (χ1) is 8.66. The summed E-state index contributed by atoms with van der Waals surface area (Å²) in [5, 5.41) is 6.19. The van der Waals surface area contributed by atoms with E-state index in [9.17, 15) is 9.18 Å². The zero-order valence-electron chi connectivity index (χ0n) is 9.90. The third kappa shape index (κ3) is 1.59. The first-order valence-corrected chi connectivity index (χ1v) is 5.72. The van der Waals surface area contributed by atoms with Crippen LogP contribution in [0.3, 0.4) is 0 Å². The summed E-state index contributed by atoms with van der Waals surface area (Å²) in [6.45, 7) is 2.84. The quantitative estimate of drug-likeness (QED) is 0.832. The Hall–Kier alpha value is -2.17. The van der Waals surface area contributed by atoms with E-state index >= 15 is 0 Å². The minimum absolute atomic E-state index is 0.189. The normalized spacial score (nSPS) is 13.8. The molecule has 1 aromatic heterocycles. The highest BCUT2D eigenvalue weighted by molar-refractivity contribution is 5.54. The summed E-state index contributed by atoms with van der Waals surface area (Å²) in [7, 11) is 0. The van der Waals surface area contributed by atoms with E-state index in [1.54, 1.807) is 19.2 Å². The SMILES string of the molecule is Cc1c(N2Cc3cccc(F)c3C2)cn[nH]c1=O. The van der Waals surface area contributed by atoms with Crippen molar-refractivity contribution in [3.8, 4) is 0 Å². The largest absolute Gasteiger partial charge is 0.361 e. The summed E-state index contributed by atoms with van der Waals surface area (Å²) in [6, 6.07) is 5.08. The molecule has 18 heavy (non-hydrogen) atoms. The van der Waals surface area contributed by atoms with Crippen LogP contribution in [0.15, 0.2) is 29.2 Å². The van der Waals surface area contributed by atoms with Gasteiger partial charge in [0, 0.05) is 24.2 Å². The van der Waals surface area contributed by atoms with Gasteiger partial charge < -0.3 is 4.90 Å². The van der Waals surface area contributed by atoms with Crippen LogP contribution in [-0.4, -0.2) is 10.2 Å². The van der Waals surface area contributed by atoms with Crippen molar-refractivity contribution in [2.45, 2.75) is 20.0 Å². The van der Waals surface area contributed by atoms with Gasteiger partial charge in [-0.05, 0) is 18.6 Å². The Morgan fingerprint density at radius 3 is 3.00 bits per heavy atom. The number of hydrogen-bond acceptors (Lipinski definition) is 3. The molecule has 0 amide bonds. The van der Waals surface area contributed by atoms with Crippen LogP contribution >= 0.6 is 0 Å². The molecule has 0 aliphatic carbocycles. The fraction of sp³-hybridized carbons (Fsp3) is 0.231. The molecule has 1 aliphatic heterocycles. The first-order valence-electron chi connectivity index (χ1n) is 5.72. The second-order valence-electron chi connectivity index (χ2n) is 4.44. The maximum absolute atomic E-state index is 13.6. The molecular formula is C13H12FN3O. The van der Waals surface area contributed by atoms with Crippen molar-refractivity contribution in [2.24, 2.45) is 0 Å². The monoisotopic (exact) mass is 245 g/mol. The van der Waals surface area contributed by atoms with Crippen LogP contribution in [0.5, 0.6) is 0 Å².